The number of hydrogen-bond acceptors (Lipinski definition) is 4. The minimum Gasteiger partial charge on any atom is -0.475 e. The molecule has 0 spiro atoms. The van der Waals surface area contributed by atoms with E-state index in [-0.39, 0.29) is 11.8 Å². The molecule has 0 bridgehead atoms. The molecule has 17 heavy (non-hydrogen) atoms. The Bertz CT molecular complexity index is 347. The molecule has 5 heteroatoms. The van der Waals surface area contributed by atoms with Crippen LogP contribution in [0, 0.1) is 11.7 Å². The molecular formula is C12H20FN3O. The molecule has 4 nitrogen and oxygen atoms in total. The molecule has 1 unspecified atom stereocenters. The number of ether oxygens (including phenoxy) is 1. The monoisotopic (exact) mass is 241 g/mol. The Balaban J connectivity index is 2.50. The van der Waals surface area contributed by atoms with Crippen molar-refractivity contribution >= 4 is 5.95 Å². The third-order valence-corrected chi connectivity index (χ3v) is 2.73. The van der Waals surface area contributed by atoms with Crippen molar-refractivity contribution in [2.75, 3.05) is 12.3 Å². The lowest BCUT2D eigenvalue weighted by atomic mass is 10.0. The van der Waals surface area contributed by atoms with Crippen molar-refractivity contribution in [2.24, 2.45) is 5.92 Å². The quantitative estimate of drug-likeness (QED) is 0.797. The van der Waals surface area contributed by atoms with Crippen LogP contribution < -0.4 is 10.5 Å². The van der Waals surface area contributed by atoms with Crippen molar-refractivity contribution in [1.82, 2.24) is 9.97 Å². The van der Waals surface area contributed by atoms with Crippen molar-refractivity contribution in [3.05, 3.63) is 12.0 Å². The van der Waals surface area contributed by atoms with Crippen LogP contribution in [0.25, 0.3) is 0 Å². The Kier molecular flexibility index (Phi) is 5.66. The summed E-state index contributed by atoms with van der Waals surface area (Å²) >= 11 is 0. The average Bonchev–Trinajstić information content (AvgIpc) is 2.33. The van der Waals surface area contributed by atoms with Gasteiger partial charge in [0.25, 0.3) is 5.88 Å². The van der Waals surface area contributed by atoms with Crippen LogP contribution in [-0.4, -0.2) is 16.6 Å². The fraction of sp³-hybridized carbons (Fsp3) is 0.667. The van der Waals surface area contributed by atoms with E-state index in [1.165, 1.54) is 0 Å². The Morgan fingerprint density at radius 2 is 2.24 bits per heavy atom. The van der Waals surface area contributed by atoms with Gasteiger partial charge in [0.15, 0.2) is 0 Å². The highest BCUT2D eigenvalue weighted by molar-refractivity contribution is 5.22. The predicted molar refractivity (Wildman–Crippen MR) is 65.2 cm³/mol. The second-order valence-electron chi connectivity index (χ2n) is 4.11. The molecular weight excluding hydrogens is 221 g/mol. The Morgan fingerprint density at radius 3 is 2.88 bits per heavy atom. The van der Waals surface area contributed by atoms with E-state index in [4.69, 9.17) is 10.5 Å². The Morgan fingerprint density at radius 1 is 1.47 bits per heavy atom. The van der Waals surface area contributed by atoms with Gasteiger partial charge in [0.05, 0.1) is 12.8 Å². The first-order valence-corrected chi connectivity index (χ1v) is 6.08. The van der Waals surface area contributed by atoms with E-state index in [0.717, 1.165) is 31.9 Å². The summed E-state index contributed by atoms with van der Waals surface area (Å²) in [6.07, 6.45) is 5.46. The lowest BCUT2D eigenvalue weighted by Crippen LogP contribution is -2.13. The fourth-order valence-electron chi connectivity index (χ4n) is 1.56. The molecule has 1 atom stereocenters. The summed E-state index contributed by atoms with van der Waals surface area (Å²) in [6.45, 7) is 4.73. The van der Waals surface area contributed by atoms with E-state index in [9.17, 15) is 4.39 Å². The van der Waals surface area contributed by atoms with Gasteiger partial charge < -0.3 is 10.5 Å². The van der Waals surface area contributed by atoms with Gasteiger partial charge in [0.1, 0.15) is 0 Å². The molecule has 0 aliphatic rings. The van der Waals surface area contributed by atoms with E-state index in [1.807, 2.05) is 0 Å². The molecule has 1 aromatic rings. The molecule has 0 aliphatic heterocycles. The largest absolute Gasteiger partial charge is 0.475 e. The van der Waals surface area contributed by atoms with Crippen LogP contribution in [0.2, 0.25) is 0 Å². The molecule has 0 amide bonds. The SMILES string of the molecule is CCCCC(CC)COc1nc(N)ncc1F. The lowest BCUT2D eigenvalue weighted by molar-refractivity contribution is 0.216. The third kappa shape index (κ3) is 4.54. The van der Waals surface area contributed by atoms with Crippen molar-refractivity contribution in [3.63, 3.8) is 0 Å². The smallest absolute Gasteiger partial charge is 0.255 e. The summed E-state index contributed by atoms with van der Waals surface area (Å²) in [5, 5.41) is 0. The molecule has 0 aliphatic carbocycles. The summed E-state index contributed by atoms with van der Waals surface area (Å²) in [5.74, 6) is -0.148. The van der Waals surface area contributed by atoms with Gasteiger partial charge in [-0.2, -0.15) is 9.37 Å². The van der Waals surface area contributed by atoms with Gasteiger partial charge in [0, 0.05) is 0 Å². The van der Waals surface area contributed by atoms with Crippen molar-refractivity contribution in [2.45, 2.75) is 39.5 Å². The number of hydrogen-bond donors (Lipinski definition) is 1. The summed E-state index contributed by atoms with van der Waals surface area (Å²) in [7, 11) is 0. The standard InChI is InChI=1S/C12H20FN3O/c1-3-5-6-9(4-2)8-17-11-10(13)7-15-12(14)16-11/h7,9H,3-6,8H2,1-2H3,(H2,14,15,16). The van der Waals surface area contributed by atoms with Crippen molar-refractivity contribution in [1.29, 1.82) is 0 Å². The number of nitrogen functional groups attached to an aromatic ring is 1. The zero-order chi connectivity index (χ0) is 12.7. The van der Waals surface area contributed by atoms with Gasteiger partial charge >= 0.3 is 0 Å². The van der Waals surface area contributed by atoms with Gasteiger partial charge in [-0.15, -0.1) is 0 Å². The highest BCUT2D eigenvalue weighted by Crippen LogP contribution is 2.17. The first kappa shape index (κ1) is 13.7. The molecule has 1 heterocycles. The van der Waals surface area contributed by atoms with Gasteiger partial charge in [-0.1, -0.05) is 33.1 Å². The molecule has 0 fully saturated rings. The van der Waals surface area contributed by atoms with Crippen LogP contribution in [0.1, 0.15) is 39.5 Å². The lowest BCUT2D eigenvalue weighted by Gasteiger charge is -2.15. The summed E-state index contributed by atoms with van der Waals surface area (Å²) in [5.41, 5.74) is 5.38. The van der Waals surface area contributed by atoms with E-state index in [0.29, 0.717) is 12.5 Å². The molecule has 2 N–H and O–H groups in total. The van der Waals surface area contributed by atoms with E-state index < -0.39 is 5.82 Å². The average molecular weight is 241 g/mol. The molecule has 0 aromatic carbocycles. The second-order valence-corrected chi connectivity index (χ2v) is 4.11. The van der Waals surface area contributed by atoms with E-state index in [1.54, 1.807) is 0 Å². The van der Waals surface area contributed by atoms with Gasteiger partial charge in [0.2, 0.25) is 11.8 Å². The van der Waals surface area contributed by atoms with Gasteiger partial charge in [-0.05, 0) is 12.3 Å². The minimum absolute atomic E-state index is 0.0306. The Labute approximate surface area is 101 Å². The third-order valence-electron chi connectivity index (χ3n) is 2.73. The maximum absolute atomic E-state index is 13.3. The van der Waals surface area contributed by atoms with Crippen LogP contribution in [0.15, 0.2) is 6.20 Å². The maximum Gasteiger partial charge on any atom is 0.255 e. The van der Waals surface area contributed by atoms with Crippen LogP contribution in [0.3, 0.4) is 0 Å². The molecule has 0 radical (unpaired) electrons. The van der Waals surface area contributed by atoms with Crippen LogP contribution >= 0.6 is 0 Å². The topological polar surface area (TPSA) is 61.0 Å². The molecule has 0 saturated heterocycles. The maximum atomic E-state index is 13.3. The van der Waals surface area contributed by atoms with Gasteiger partial charge in [-0.3, -0.25) is 0 Å². The zero-order valence-corrected chi connectivity index (χ0v) is 10.4. The number of rotatable bonds is 7. The van der Waals surface area contributed by atoms with Crippen LogP contribution in [-0.2, 0) is 0 Å². The summed E-state index contributed by atoms with van der Waals surface area (Å²) < 4.78 is 18.6. The van der Waals surface area contributed by atoms with Crippen LogP contribution in [0.5, 0.6) is 5.88 Å². The number of nitrogens with two attached hydrogens (primary N) is 1. The molecule has 96 valence electrons. The summed E-state index contributed by atoms with van der Waals surface area (Å²) in [6, 6.07) is 0. The second kappa shape index (κ2) is 7.04. The van der Waals surface area contributed by atoms with Crippen molar-refractivity contribution < 1.29 is 9.13 Å². The molecule has 1 rings (SSSR count). The van der Waals surface area contributed by atoms with Crippen LogP contribution in [0.4, 0.5) is 10.3 Å². The minimum atomic E-state index is -0.565. The Hall–Kier alpha value is -1.39. The zero-order valence-electron chi connectivity index (χ0n) is 10.4. The molecule has 1 aromatic heterocycles. The number of aromatic nitrogens is 2. The number of halogens is 1. The van der Waals surface area contributed by atoms with E-state index >= 15 is 0 Å². The first-order chi connectivity index (χ1) is 8.17. The first-order valence-electron chi connectivity index (χ1n) is 6.08. The van der Waals surface area contributed by atoms with Gasteiger partial charge in [-0.25, -0.2) is 4.98 Å². The highest BCUT2D eigenvalue weighted by atomic mass is 19.1. The number of nitrogens with zero attached hydrogens (tertiary/aromatic N) is 2. The normalized spacial score (nSPS) is 12.4. The fourth-order valence-corrected chi connectivity index (χ4v) is 1.56. The van der Waals surface area contributed by atoms with Crippen molar-refractivity contribution in [3.8, 4) is 5.88 Å². The predicted octanol–water partition coefficient (Wildman–Crippen LogP) is 2.79. The number of anilines is 1. The van der Waals surface area contributed by atoms with E-state index in [2.05, 4.69) is 23.8 Å². The summed E-state index contributed by atoms with van der Waals surface area (Å²) in [4.78, 5) is 7.28. The number of unbranched alkanes of at least 4 members (excludes halogenated alkanes) is 1. The molecule has 0 saturated carbocycles. The highest BCUT2D eigenvalue weighted by Gasteiger charge is 2.11.